The highest BCUT2D eigenvalue weighted by Gasteiger charge is 2.12. The molecule has 0 unspecified atom stereocenters. The van der Waals surface area contributed by atoms with Gasteiger partial charge in [-0.1, -0.05) is 12.2 Å². The molecule has 1 N–H and O–H groups in total. The Morgan fingerprint density at radius 2 is 2.55 bits per heavy atom. The molecule has 0 atom stereocenters. The second-order valence-electron chi connectivity index (χ2n) is 2.50. The van der Waals surface area contributed by atoms with Gasteiger partial charge in [-0.25, -0.2) is 5.43 Å². The quantitative estimate of drug-likeness (QED) is 0.607. The molecule has 3 nitrogen and oxygen atoms in total. The van der Waals surface area contributed by atoms with Gasteiger partial charge in [-0.15, -0.1) is 0 Å². The third-order valence-corrected chi connectivity index (χ3v) is 1.54. The molecule has 0 saturated carbocycles. The normalized spacial score (nSPS) is 17.2. The lowest BCUT2D eigenvalue weighted by Crippen LogP contribution is -2.08. The van der Waals surface area contributed by atoms with Gasteiger partial charge in [0.1, 0.15) is 0 Å². The van der Waals surface area contributed by atoms with Gasteiger partial charge in [0.25, 0.3) is 0 Å². The summed E-state index contributed by atoms with van der Waals surface area (Å²) in [6.07, 6.45) is 6.43. The van der Waals surface area contributed by atoms with Crippen molar-refractivity contribution < 1.29 is 4.79 Å². The van der Waals surface area contributed by atoms with E-state index in [4.69, 9.17) is 0 Å². The Morgan fingerprint density at radius 1 is 1.73 bits per heavy atom. The maximum Gasteiger partial charge on any atom is 0.245 e. The van der Waals surface area contributed by atoms with E-state index in [-0.39, 0.29) is 5.91 Å². The van der Waals surface area contributed by atoms with Crippen LogP contribution in [0.25, 0.3) is 0 Å². The first-order valence-electron chi connectivity index (χ1n) is 3.78. The van der Waals surface area contributed by atoms with Crippen molar-refractivity contribution in [3.63, 3.8) is 0 Å². The molecular weight excluding hydrogens is 140 g/mol. The van der Waals surface area contributed by atoms with Crippen molar-refractivity contribution in [3.05, 3.63) is 12.2 Å². The van der Waals surface area contributed by atoms with Gasteiger partial charge in [0.2, 0.25) is 5.91 Å². The van der Waals surface area contributed by atoms with Gasteiger partial charge < -0.3 is 0 Å². The topological polar surface area (TPSA) is 41.5 Å². The van der Waals surface area contributed by atoms with E-state index < -0.39 is 0 Å². The van der Waals surface area contributed by atoms with Crippen LogP contribution in [0, 0.1) is 0 Å². The average Bonchev–Trinajstić information content (AvgIpc) is 2.37. The number of allylic oxidation sites excluding steroid dienone is 2. The van der Waals surface area contributed by atoms with E-state index in [0.29, 0.717) is 6.42 Å². The highest BCUT2D eigenvalue weighted by molar-refractivity contribution is 6.04. The van der Waals surface area contributed by atoms with Gasteiger partial charge in [0, 0.05) is 5.71 Å². The summed E-state index contributed by atoms with van der Waals surface area (Å²) in [5, 5.41) is 3.87. The van der Waals surface area contributed by atoms with Gasteiger partial charge >= 0.3 is 0 Å². The van der Waals surface area contributed by atoms with Crippen LogP contribution in [0.1, 0.15) is 26.2 Å². The molecule has 0 fully saturated rings. The molecule has 0 bridgehead atoms. The summed E-state index contributed by atoms with van der Waals surface area (Å²) < 4.78 is 0. The van der Waals surface area contributed by atoms with E-state index in [9.17, 15) is 4.79 Å². The highest BCUT2D eigenvalue weighted by Crippen LogP contribution is 2.03. The molecule has 0 aromatic rings. The molecule has 1 aliphatic heterocycles. The minimum absolute atomic E-state index is 0.0143. The van der Waals surface area contributed by atoms with E-state index in [1.807, 2.05) is 13.0 Å². The van der Waals surface area contributed by atoms with Crippen molar-refractivity contribution in [2.45, 2.75) is 26.2 Å². The Labute approximate surface area is 66.2 Å². The van der Waals surface area contributed by atoms with Crippen LogP contribution >= 0.6 is 0 Å². The number of carbonyl (C=O) groups is 1. The number of hydrogen-bond donors (Lipinski definition) is 1. The summed E-state index contributed by atoms with van der Waals surface area (Å²) in [5.74, 6) is 0.0143. The number of amides is 1. The zero-order chi connectivity index (χ0) is 8.10. The van der Waals surface area contributed by atoms with Crippen LogP contribution in [0.2, 0.25) is 0 Å². The fourth-order valence-electron chi connectivity index (χ4n) is 0.967. The van der Waals surface area contributed by atoms with E-state index in [1.54, 1.807) is 0 Å². The molecule has 0 saturated heterocycles. The Kier molecular flexibility index (Phi) is 2.83. The number of carbonyl (C=O) groups excluding carboxylic acids is 1. The molecule has 3 heteroatoms. The fourth-order valence-corrected chi connectivity index (χ4v) is 0.967. The fraction of sp³-hybridized carbons (Fsp3) is 0.500. The summed E-state index contributed by atoms with van der Waals surface area (Å²) >= 11 is 0. The first-order chi connectivity index (χ1) is 5.33. The summed E-state index contributed by atoms with van der Waals surface area (Å²) in [6, 6.07) is 0. The van der Waals surface area contributed by atoms with Gasteiger partial charge in [0.15, 0.2) is 0 Å². The lowest BCUT2D eigenvalue weighted by atomic mass is 10.1. The molecule has 1 amide bonds. The zero-order valence-electron chi connectivity index (χ0n) is 6.63. The van der Waals surface area contributed by atoms with E-state index in [1.165, 1.54) is 0 Å². The third-order valence-electron chi connectivity index (χ3n) is 1.54. The lowest BCUT2D eigenvalue weighted by Gasteiger charge is -1.90. The van der Waals surface area contributed by atoms with Crippen molar-refractivity contribution in [1.82, 2.24) is 5.43 Å². The standard InChI is InChI=1S/C8H12N2O/c1-2-3-4-5-7-6-8(11)10-9-7/h2-3H,4-6H2,1H3,(H,10,11). The van der Waals surface area contributed by atoms with Crippen molar-refractivity contribution in [1.29, 1.82) is 0 Å². The third kappa shape index (κ3) is 2.53. The Balaban J connectivity index is 2.23. The van der Waals surface area contributed by atoms with Crippen LogP contribution < -0.4 is 5.43 Å². The van der Waals surface area contributed by atoms with Crippen LogP contribution in [0.3, 0.4) is 0 Å². The first-order valence-corrected chi connectivity index (χ1v) is 3.78. The van der Waals surface area contributed by atoms with Crippen LogP contribution in [0.5, 0.6) is 0 Å². The molecule has 1 aliphatic rings. The summed E-state index contributed by atoms with van der Waals surface area (Å²) in [5.41, 5.74) is 3.39. The Bertz CT molecular complexity index is 206. The van der Waals surface area contributed by atoms with E-state index in [0.717, 1.165) is 18.6 Å². The number of hydrazone groups is 1. The summed E-state index contributed by atoms with van der Waals surface area (Å²) in [7, 11) is 0. The van der Waals surface area contributed by atoms with Crippen molar-refractivity contribution in [3.8, 4) is 0 Å². The lowest BCUT2D eigenvalue weighted by molar-refractivity contribution is -0.119. The minimum Gasteiger partial charge on any atom is -0.273 e. The number of nitrogens with zero attached hydrogens (tertiary/aromatic N) is 1. The Morgan fingerprint density at radius 3 is 3.09 bits per heavy atom. The van der Waals surface area contributed by atoms with E-state index in [2.05, 4.69) is 16.6 Å². The summed E-state index contributed by atoms with van der Waals surface area (Å²) in [4.78, 5) is 10.6. The largest absolute Gasteiger partial charge is 0.273 e. The van der Waals surface area contributed by atoms with Crippen LogP contribution in [-0.4, -0.2) is 11.6 Å². The number of hydrogen-bond acceptors (Lipinski definition) is 2. The van der Waals surface area contributed by atoms with Crippen LogP contribution in [-0.2, 0) is 4.79 Å². The number of rotatable bonds is 3. The molecule has 60 valence electrons. The second kappa shape index (κ2) is 3.91. The van der Waals surface area contributed by atoms with Crippen molar-refractivity contribution >= 4 is 11.6 Å². The molecule has 0 aromatic carbocycles. The molecule has 0 aliphatic carbocycles. The Hall–Kier alpha value is -1.12. The first kappa shape index (κ1) is 7.98. The average molecular weight is 152 g/mol. The highest BCUT2D eigenvalue weighted by atomic mass is 16.2. The van der Waals surface area contributed by atoms with Crippen LogP contribution in [0.4, 0.5) is 0 Å². The maximum atomic E-state index is 10.6. The van der Waals surface area contributed by atoms with E-state index >= 15 is 0 Å². The molecular formula is C8H12N2O. The van der Waals surface area contributed by atoms with Crippen molar-refractivity contribution in [2.24, 2.45) is 5.10 Å². The molecule has 11 heavy (non-hydrogen) atoms. The van der Waals surface area contributed by atoms with Crippen molar-refractivity contribution in [2.75, 3.05) is 0 Å². The molecule has 1 rings (SSSR count). The molecule has 0 spiro atoms. The SMILES string of the molecule is CC=CCCC1=NNC(=O)C1. The predicted molar refractivity (Wildman–Crippen MR) is 44.2 cm³/mol. The van der Waals surface area contributed by atoms with Gasteiger partial charge in [0.05, 0.1) is 6.42 Å². The molecule has 0 radical (unpaired) electrons. The molecule has 1 heterocycles. The zero-order valence-corrected chi connectivity index (χ0v) is 6.63. The minimum atomic E-state index is 0.0143. The monoisotopic (exact) mass is 152 g/mol. The maximum absolute atomic E-state index is 10.6. The van der Waals surface area contributed by atoms with Gasteiger partial charge in [-0.3, -0.25) is 4.79 Å². The number of nitrogens with one attached hydrogen (secondary N) is 1. The molecule has 0 aromatic heterocycles. The second-order valence-corrected chi connectivity index (χ2v) is 2.50. The van der Waals surface area contributed by atoms with Gasteiger partial charge in [-0.2, -0.15) is 5.10 Å². The summed E-state index contributed by atoms with van der Waals surface area (Å²) in [6.45, 7) is 1.99. The predicted octanol–water partition coefficient (Wildman–Crippen LogP) is 1.22. The van der Waals surface area contributed by atoms with Gasteiger partial charge in [-0.05, 0) is 19.8 Å². The smallest absolute Gasteiger partial charge is 0.245 e. The van der Waals surface area contributed by atoms with Crippen LogP contribution in [0.15, 0.2) is 17.3 Å².